The van der Waals surface area contributed by atoms with E-state index in [-0.39, 0.29) is 0 Å². The van der Waals surface area contributed by atoms with Crippen molar-refractivity contribution in [2.24, 2.45) is 0 Å². The van der Waals surface area contributed by atoms with Gasteiger partial charge in [-0.05, 0) is 30.3 Å². The number of nitrogen functional groups attached to an aromatic ring is 1. The zero-order valence-electron chi connectivity index (χ0n) is 11.0. The first-order valence-electron chi connectivity index (χ1n) is 6.28. The van der Waals surface area contributed by atoms with Crippen LogP contribution < -0.4 is 5.73 Å². The first-order valence-corrected chi connectivity index (χ1v) is 8.06. The first kappa shape index (κ1) is 14.2. The molecule has 1 heterocycles. The molecule has 4 nitrogen and oxygen atoms in total. The molecule has 0 spiro atoms. The Hall–Kier alpha value is -1.79. The highest BCUT2D eigenvalue weighted by atomic mass is 79.9. The van der Waals surface area contributed by atoms with Gasteiger partial charge in [-0.1, -0.05) is 39.3 Å². The maximum Gasteiger partial charge on any atom is 0.260 e. The topological polar surface area (TPSA) is 64.9 Å². The Labute approximate surface area is 134 Å². The lowest BCUT2D eigenvalue weighted by atomic mass is 10.2. The number of aromatic nitrogens is 2. The summed E-state index contributed by atoms with van der Waals surface area (Å²) < 4.78 is 6.21. The van der Waals surface area contributed by atoms with Crippen molar-refractivity contribution in [1.82, 2.24) is 10.1 Å². The molecular weight excluding hydrogens is 350 g/mol. The van der Waals surface area contributed by atoms with Crippen LogP contribution in [0.4, 0.5) is 5.69 Å². The van der Waals surface area contributed by atoms with E-state index in [0.29, 0.717) is 23.2 Å². The standard InChI is InChI=1S/C15H12BrN3OS/c16-10-6-7-12(13(17)8-10)15-18-14(19-20-15)9-21-11-4-2-1-3-5-11/h1-8H,9,17H2. The maximum absolute atomic E-state index is 5.96. The fourth-order valence-electron chi connectivity index (χ4n) is 1.81. The smallest absolute Gasteiger partial charge is 0.260 e. The number of nitrogens with two attached hydrogens (primary N) is 1. The third-order valence-electron chi connectivity index (χ3n) is 2.82. The van der Waals surface area contributed by atoms with E-state index in [9.17, 15) is 0 Å². The normalized spacial score (nSPS) is 10.7. The Bertz CT molecular complexity index is 746. The minimum Gasteiger partial charge on any atom is -0.398 e. The molecule has 3 aromatic rings. The summed E-state index contributed by atoms with van der Waals surface area (Å²) in [6, 6.07) is 15.7. The van der Waals surface area contributed by atoms with Gasteiger partial charge in [-0.15, -0.1) is 11.8 Å². The van der Waals surface area contributed by atoms with Gasteiger partial charge in [0, 0.05) is 15.1 Å². The number of hydrogen-bond acceptors (Lipinski definition) is 5. The molecule has 0 saturated carbocycles. The van der Waals surface area contributed by atoms with Crippen LogP contribution >= 0.6 is 27.7 Å². The van der Waals surface area contributed by atoms with E-state index in [0.717, 1.165) is 10.0 Å². The predicted octanol–water partition coefficient (Wildman–Crippen LogP) is 4.37. The molecule has 0 aliphatic carbocycles. The minimum atomic E-state index is 0.448. The van der Waals surface area contributed by atoms with Gasteiger partial charge in [-0.25, -0.2) is 0 Å². The van der Waals surface area contributed by atoms with Crippen LogP contribution in [0.5, 0.6) is 0 Å². The second kappa shape index (κ2) is 6.32. The van der Waals surface area contributed by atoms with Crippen LogP contribution in [0.1, 0.15) is 5.82 Å². The van der Waals surface area contributed by atoms with E-state index in [2.05, 4.69) is 38.2 Å². The van der Waals surface area contributed by atoms with E-state index in [4.69, 9.17) is 10.3 Å². The molecule has 6 heteroatoms. The summed E-state index contributed by atoms with van der Waals surface area (Å²) in [6.07, 6.45) is 0. The van der Waals surface area contributed by atoms with Crippen molar-refractivity contribution >= 4 is 33.4 Å². The Morgan fingerprint density at radius 2 is 1.95 bits per heavy atom. The first-order chi connectivity index (χ1) is 10.2. The molecule has 3 rings (SSSR count). The van der Waals surface area contributed by atoms with Crippen molar-refractivity contribution in [2.45, 2.75) is 10.6 Å². The molecule has 2 N–H and O–H groups in total. The Morgan fingerprint density at radius 1 is 1.14 bits per heavy atom. The number of hydrogen-bond donors (Lipinski definition) is 1. The van der Waals surface area contributed by atoms with E-state index < -0.39 is 0 Å². The average molecular weight is 362 g/mol. The van der Waals surface area contributed by atoms with Gasteiger partial charge < -0.3 is 10.3 Å². The van der Waals surface area contributed by atoms with Gasteiger partial charge in [0.1, 0.15) is 0 Å². The number of halogens is 1. The van der Waals surface area contributed by atoms with Gasteiger partial charge in [0.25, 0.3) is 5.89 Å². The van der Waals surface area contributed by atoms with Crippen molar-refractivity contribution in [2.75, 3.05) is 5.73 Å². The zero-order valence-corrected chi connectivity index (χ0v) is 13.4. The molecule has 0 fully saturated rings. The third-order valence-corrected chi connectivity index (χ3v) is 4.32. The summed E-state index contributed by atoms with van der Waals surface area (Å²) >= 11 is 5.04. The second-order valence-corrected chi connectivity index (χ2v) is 6.31. The van der Waals surface area contributed by atoms with Crippen molar-refractivity contribution in [3.05, 3.63) is 58.8 Å². The molecular formula is C15H12BrN3OS. The molecule has 0 amide bonds. The molecule has 0 radical (unpaired) electrons. The third kappa shape index (κ3) is 3.46. The van der Waals surface area contributed by atoms with Crippen LogP contribution in [0.15, 0.2) is 62.4 Å². The molecule has 106 valence electrons. The van der Waals surface area contributed by atoms with Crippen molar-refractivity contribution in [3.8, 4) is 11.5 Å². The fourth-order valence-corrected chi connectivity index (χ4v) is 2.96. The van der Waals surface area contributed by atoms with Gasteiger partial charge in [0.05, 0.1) is 11.3 Å². The van der Waals surface area contributed by atoms with Gasteiger partial charge in [-0.2, -0.15) is 4.98 Å². The van der Waals surface area contributed by atoms with Crippen LogP contribution in [-0.2, 0) is 5.75 Å². The van der Waals surface area contributed by atoms with Crippen molar-refractivity contribution in [3.63, 3.8) is 0 Å². The second-order valence-electron chi connectivity index (χ2n) is 4.35. The highest BCUT2D eigenvalue weighted by molar-refractivity contribution is 9.10. The maximum atomic E-state index is 5.96. The van der Waals surface area contributed by atoms with Crippen LogP contribution in [0, 0.1) is 0 Å². The lowest BCUT2D eigenvalue weighted by Gasteiger charge is -2.00. The lowest BCUT2D eigenvalue weighted by Crippen LogP contribution is -1.90. The van der Waals surface area contributed by atoms with Crippen molar-refractivity contribution in [1.29, 1.82) is 0 Å². The molecule has 0 unspecified atom stereocenters. The minimum absolute atomic E-state index is 0.448. The summed E-state index contributed by atoms with van der Waals surface area (Å²) in [6.45, 7) is 0. The monoisotopic (exact) mass is 361 g/mol. The molecule has 1 aromatic heterocycles. The van der Waals surface area contributed by atoms with E-state index >= 15 is 0 Å². The number of benzene rings is 2. The van der Waals surface area contributed by atoms with Crippen LogP contribution in [0.25, 0.3) is 11.5 Å². The van der Waals surface area contributed by atoms with Crippen LogP contribution in [0.2, 0.25) is 0 Å². The summed E-state index contributed by atoms with van der Waals surface area (Å²) in [4.78, 5) is 5.57. The van der Waals surface area contributed by atoms with Gasteiger partial charge >= 0.3 is 0 Å². The zero-order chi connectivity index (χ0) is 14.7. The summed E-state index contributed by atoms with van der Waals surface area (Å²) in [5.74, 6) is 1.76. The van der Waals surface area contributed by atoms with Gasteiger partial charge in [-0.3, -0.25) is 0 Å². The van der Waals surface area contributed by atoms with Gasteiger partial charge in [0.15, 0.2) is 5.82 Å². The number of nitrogens with zero attached hydrogens (tertiary/aromatic N) is 2. The molecule has 0 bridgehead atoms. The molecule has 0 atom stereocenters. The van der Waals surface area contributed by atoms with Crippen molar-refractivity contribution < 1.29 is 4.52 Å². The highest BCUT2D eigenvalue weighted by Crippen LogP contribution is 2.28. The Kier molecular flexibility index (Phi) is 4.26. The highest BCUT2D eigenvalue weighted by Gasteiger charge is 2.12. The molecule has 0 aliphatic rings. The molecule has 21 heavy (non-hydrogen) atoms. The Balaban J connectivity index is 1.74. The number of thioether (sulfide) groups is 1. The molecule has 0 aliphatic heterocycles. The molecule has 0 saturated heterocycles. The lowest BCUT2D eigenvalue weighted by molar-refractivity contribution is 0.425. The Morgan fingerprint density at radius 3 is 2.71 bits per heavy atom. The van der Waals surface area contributed by atoms with E-state index in [1.54, 1.807) is 11.8 Å². The van der Waals surface area contributed by atoms with Gasteiger partial charge in [0.2, 0.25) is 0 Å². The number of rotatable bonds is 4. The summed E-state index contributed by atoms with van der Waals surface area (Å²) in [7, 11) is 0. The SMILES string of the molecule is Nc1cc(Br)ccc1-c1nc(CSc2ccccc2)no1. The van der Waals surface area contributed by atoms with E-state index in [1.165, 1.54) is 4.90 Å². The fraction of sp³-hybridized carbons (Fsp3) is 0.0667. The summed E-state index contributed by atoms with van der Waals surface area (Å²) in [5, 5.41) is 4.00. The number of anilines is 1. The summed E-state index contributed by atoms with van der Waals surface area (Å²) in [5.41, 5.74) is 7.32. The van der Waals surface area contributed by atoms with E-state index in [1.807, 2.05) is 36.4 Å². The quantitative estimate of drug-likeness (QED) is 0.551. The average Bonchev–Trinajstić information content (AvgIpc) is 2.95. The largest absolute Gasteiger partial charge is 0.398 e. The predicted molar refractivity (Wildman–Crippen MR) is 87.8 cm³/mol. The van der Waals surface area contributed by atoms with Crippen LogP contribution in [-0.4, -0.2) is 10.1 Å². The van der Waals surface area contributed by atoms with Crippen LogP contribution in [0.3, 0.4) is 0 Å². The molecule has 2 aromatic carbocycles.